The second-order valence-corrected chi connectivity index (χ2v) is 5.85. The fourth-order valence-electron chi connectivity index (χ4n) is 2.38. The number of rotatable bonds is 4. The van der Waals surface area contributed by atoms with E-state index in [2.05, 4.69) is 0 Å². The van der Waals surface area contributed by atoms with Crippen molar-refractivity contribution in [1.29, 1.82) is 0 Å². The first-order chi connectivity index (χ1) is 9.49. The lowest BCUT2D eigenvalue weighted by atomic mass is 10.0. The molecule has 0 saturated carbocycles. The summed E-state index contributed by atoms with van der Waals surface area (Å²) in [7, 11) is 0. The molecular weight excluding hydrogens is 281 g/mol. The van der Waals surface area contributed by atoms with Gasteiger partial charge in [0.25, 0.3) is 0 Å². The number of carboxylic acid groups (broad SMARTS) is 1. The van der Waals surface area contributed by atoms with Crippen molar-refractivity contribution in [2.75, 3.05) is 12.3 Å². The van der Waals surface area contributed by atoms with E-state index in [1.165, 1.54) is 23.9 Å². The number of likely N-dealkylation sites (tertiary alicyclic amines) is 1. The fourth-order valence-corrected chi connectivity index (χ4v) is 3.17. The van der Waals surface area contributed by atoms with Crippen LogP contribution in [0.5, 0.6) is 0 Å². The highest BCUT2D eigenvalue weighted by Crippen LogP contribution is 2.26. The number of carbonyl (C=O) groups excluding carboxylic acids is 1. The molecule has 2 atom stereocenters. The van der Waals surface area contributed by atoms with Crippen molar-refractivity contribution >= 4 is 23.6 Å². The number of hydrogen-bond donors (Lipinski definition) is 1. The van der Waals surface area contributed by atoms with Gasteiger partial charge in [0.1, 0.15) is 5.82 Å². The van der Waals surface area contributed by atoms with Gasteiger partial charge >= 0.3 is 5.97 Å². The Morgan fingerprint density at radius 1 is 1.40 bits per heavy atom. The van der Waals surface area contributed by atoms with Crippen LogP contribution >= 0.6 is 11.8 Å². The first-order valence-electron chi connectivity index (χ1n) is 6.39. The van der Waals surface area contributed by atoms with Crippen molar-refractivity contribution in [3.05, 3.63) is 30.1 Å². The molecule has 1 aliphatic rings. The topological polar surface area (TPSA) is 57.6 Å². The van der Waals surface area contributed by atoms with E-state index in [1.807, 2.05) is 0 Å². The summed E-state index contributed by atoms with van der Waals surface area (Å²) < 4.78 is 12.8. The van der Waals surface area contributed by atoms with Crippen molar-refractivity contribution < 1.29 is 19.1 Å². The van der Waals surface area contributed by atoms with Crippen LogP contribution in [-0.4, -0.2) is 40.2 Å². The maximum Gasteiger partial charge on any atom is 0.308 e. The van der Waals surface area contributed by atoms with Gasteiger partial charge in [0.15, 0.2) is 0 Å². The van der Waals surface area contributed by atoms with Crippen LogP contribution in [-0.2, 0) is 9.59 Å². The lowest BCUT2D eigenvalue weighted by Gasteiger charge is -2.23. The van der Waals surface area contributed by atoms with E-state index in [1.54, 1.807) is 24.0 Å². The first-order valence-corrected chi connectivity index (χ1v) is 7.38. The third-order valence-corrected chi connectivity index (χ3v) is 4.57. The van der Waals surface area contributed by atoms with E-state index >= 15 is 0 Å². The normalized spacial score (nSPS) is 22.0. The number of hydrogen-bond acceptors (Lipinski definition) is 3. The molecule has 2 rings (SSSR count). The number of benzene rings is 1. The van der Waals surface area contributed by atoms with Gasteiger partial charge in [0.05, 0.1) is 11.7 Å². The highest BCUT2D eigenvalue weighted by molar-refractivity contribution is 8.00. The zero-order chi connectivity index (χ0) is 14.7. The molecule has 1 heterocycles. The second-order valence-electron chi connectivity index (χ2n) is 4.80. The predicted molar refractivity (Wildman–Crippen MR) is 74.0 cm³/mol. The summed E-state index contributed by atoms with van der Waals surface area (Å²) in [6, 6.07) is 5.69. The van der Waals surface area contributed by atoms with Gasteiger partial charge in [-0.15, -0.1) is 11.8 Å². The first kappa shape index (κ1) is 14.8. The van der Waals surface area contributed by atoms with Gasteiger partial charge in [0, 0.05) is 17.5 Å². The summed E-state index contributed by atoms with van der Waals surface area (Å²) in [4.78, 5) is 25.6. The minimum atomic E-state index is -0.848. The lowest BCUT2D eigenvalue weighted by molar-refractivity contribution is -0.142. The van der Waals surface area contributed by atoms with Crippen molar-refractivity contribution in [3.63, 3.8) is 0 Å². The number of halogens is 1. The Morgan fingerprint density at radius 2 is 2.05 bits per heavy atom. The Bertz CT molecular complexity index is 506. The molecule has 0 aromatic heterocycles. The molecule has 1 N–H and O–H groups in total. The summed E-state index contributed by atoms with van der Waals surface area (Å²) in [6.45, 7) is 2.26. The standard InChI is InChI=1S/C14H16FNO3S/c1-9-12(14(18)19)6-7-16(9)13(17)8-20-11-4-2-10(15)3-5-11/h2-5,9,12H,6-8H2,1H3,(H,18,19). The molecule has 1 aliphatic heterocycles. The second kappa shape index (κ2) is 6.26. The van der Waals surface area contributed by atoms with E-state index in [0.29, 0.717) is 13.0 Å². The number of nitrogens with zero attached hydrogens (tertiary/aromatic N) is 1. The van der Waals surface area contributed by atoms with Crippen molar-refractivity contribution in [3.8, 4) is 0 Å². The summed E-state index contributed by atoms with van der Waals surface area (Å²) in [6.07, 6.45) is 0.503. The number of aliphatic carboxylic acids is 1. The number of thioether (sulfide) groups is 1. The minimum absolute atomic E-state index is 0.0735. The molecule has 0 bridgehead atoms. The van der Waals surface area contributed by atoms with E-state index in [0.717, 1.165) is 4.90 Å². The van der Waals surface area contributed by atoms with Gasteiger partial charge in [-0.3, -0.25) is 9.59 Å². The average molecular weight is 297 g/mol. The van der Waals surface area contributed by atoms with Gasteiger partial charge in [-0.05, 0) is 37.6 Å². The minimum Gasteiger partial charge on any atom is -0.481 e. The van der Waals surface area contributed by atoms with E-state index in [9.17, 15) is 14.0 Å². The van der Waals surface area contributed by atoms with Gasteiger partial charge in [-0.1, -0.05) is 0 Å². The molecular formula is C14H16FNO3S. The van der Waals surface area contributed by atoms with Crippen molar-refractivity contribution in [2.24, 2.45) is 5.92 Å². The Labute approximate surface area is 121 Å². The summed E-state index contributed by atoms with van der Waals surface area (Å²) in [5.41, 5.74) is 0. The van der Waals surface area contributed by atoms with Crippen LogP contribution in [0.2, 0.25) is 0 Å². The van der Waals surface area contributed by atoms with Gasteiger partial charge in [-0.25, -0.2) is 4.39 Å². The molecule has 1 amide bonds. The third-order valence-electron chi connectivity index (χ3n) is 3.57. The van der Waals surface area contributed by atoms with E-state index < -0.39 is 11.9 Å². The zero-order valence-electron chi connectivity index (χ0n) is 11.1. The number of carbonyl (C=O) groups is 2. The van der Waals surface area contributed by atoms with E-state index in [4.69, 9.17) is 5.11 Å². The molecule has 0 spiro atoms. The van der Waals surface area contributed by atoms with Crippen LogP contribution in [0.15, 0.2) is 29.2 Å². The van der Waals surface area contributed by atoms with Gasteiger partial charge < -0.3 is 10.0 Å². The fraction of sp³-hybridized carbons (Fsp3) is 0.429. The van der Waals surface area contributed by atoms with Crippen LogP contribution < -0.4 is 0 Å². The Morgan fingerprint density at radius 3 is 2.60 bits per heavy atom. The maximum absolute atomic E-state index is 12.8. The van der Waals surface area contributed by atoms with E-state index in [-0.39, 0.29) is 23.5 Å². The average Bonchev–Trinajstić information content (AvgIpc) is 2.80. The van der Waals surface area contributed by atoms with Crippen LogP contribution in [0, 0.1) is 11.7 Å². The highest BCUT2D eigenvalue weighted by Gasteiger charge is 2.37. The molecule has 1 aromatic rings. The molecule has 1 fully saturated rings. The van der Waals surface area contributed by atoms with Gasteiger partial charge in [-0.2, -0.15) is 0 Å². The van der Waals surface area contributed by atoms with Crippen LogP contribution in [0.1, 0.15) is 13.3 Å². The number of amides is 1. The Kier molecular flexibility index (Phi) is 4.65. The molecule has 108 valence electrons. The molecule has 0 radical (unpaired) electrons. The summed E-state index contributed by atoms with van der Waals surface area (Å²) >= 11 is 1.33. The van der Waals surface area contributed by atoms with Crippen LogP contribution in [0.4, 0.5) is 4.39 Å². The van der Waals surface area contributed by atoms with Crippen LogP contribution in [0.25, 0.3) is 0 Å². The lowest BCUT2D eigenvalue weighted by Crippen LogP contribution is -2.38. The molecule has 0 aliphatic carbocycles. The SMILES string of the molecule is CC1C(C(=O)O)CCN1C(=O)CSc1ccc(F)cc1. The quantitative estimate of drug-likeness (QED) is 0.866. The third kappa shape index (κ3) is 3.30. The van der Waals surface area contributed by atoms with Gasteiger partial charge in [0.2, 0.25) is 5.91 Å². The molecule has 20 heavy (non-hydrogen) atoms. The predicted octanol–water partition coefficient (Wildman–Crippen LogP) is 2.24. The smallest absolute Gasteiger partial charge is 0.308 e. The van der Waals surface area contributed by atoms with Crippen LogP contribution in [0.3, 0.4) is 0 Å². The number of carboxylic acids is 1. The molecule has 6 heteroatoms. The maximum atomic E-state index is 12.8. The van der Waals surface area contributed by atoms with Crippen molar-refractivity contribution in [1.82, 2.24) is 4.90 Å². The zero-order valence-corrected chi connectivity index (χ0v) is 11.9. The Balaban J connectivity index is 1.89. The highest BCUT2D eigenvalue weighted by atomic mass is 32.2. The molecule has 1 saturated heterocycles. The molecule has 4 nitrogen and oxygen atoms in total. The molecule has 2 unspecified atom stereocenters. The van der Waals surface area contributed by atoms with Crippen molar-refractivity contribution in [2.45, 2.75) is 24.3 Å². The largest absolute Gasteiger partial charge is 0.481 e. The summed E-state index contributed by atoms with van der Waals surface area (Å²) in [5, 5.41) is 9.04. The Hall–Kier alpha value is -1.56. The molecule has 1 aromatic carbocycles. The monoisotopic (exact) mass is 297 g/mol. The summed E-state index contributed by atoms with van der Waals surface area (Å²) in [5.74, 6) is -1.47.